The SMILES string of the molecule is Cc1nc2ccccc2n1CCNC(=O)CC1C=CCC1. The quantitative estimate of drug-likeness (QED) is 0.858. The lowest BCUT2D eigenvalue weighted by atomic mass is 10.1. The molecule has 4 heteroatoms. The minimum atomic E-state index is 0.147. The molecule has 0 fully saturated rings. The smallest absolute Gasteiger partial charge is 0.220 e. The maximum atomic E-state index is 11.9. The molecule has 0 radical (unpaired) electrons. The number of imidazole rings is 1. The van der Waals surface area contributed by atoms with Crippen LogP contribution < -0.4 is 5.32 Å². The molecule has 0 spiro atoms. The van der Waals surface area contributed by atoms with Crippen LogP contribution in [0.2, 0.25) is 0 Å². The number of benzene rings is 1. The summed E-state index contributed by atoms with van der Waals surface area (Å²) in [5.74, 6) is 1.57. The summed E-state index contributed by atoms with van der Waals surface area (Å²) in [5.41, 5.74) is 2.14. The van der Waals surface area contributed by atoms with Crippen LogP contribution in [0.5, 0.6) is 0 Å². The predicted octanol–water partition coefficient (Wildman–Crippen LogP) is 2.82. The van der Waals surface area contributed by atoms with Crippen LogP contribution in [0.1, 0.15) is 25.1 Å². The van der Waals surface area contributed by atoms with Gasteiger partial charge in [0.05, 0.1) is 11.0 Å². The molecule has 1 heterocycles. The third-order valence-corrected chi connectivity index (χ3v) is 4.06. The van der Waals surface area contributed by atoms with Crippen molar-refractivity contribution in [2.75, 3.05) is 6.54 Å². The first kappa shape index (κ1) is 13.9. The molecular weight excluding hydrogens is 262 g/mol. The first-order valence-corrected chi connectivity index (χ1v) is 7.59. The van der Waals surface area contributed by atoms with Crippen LogP contribution in [0.4, 0.5) is 0 Å². The van der Waals surface area contributed by atoms with Gasteiger partial charge in [-0.1, -0.05) is 24.3 Å². The van der Waals surface area contributed by atoms with Crippen LogP contribution >= 0.6 is 0 Å². The number of nitrogens with zero attached hydrogens (tertiary/aromatic N) is 2. The van der Waals surface area contributed by atoms with Crippen LogP contribution in [-0.4, -0.2) is 22.0 Å². The van der Waals surface area contributed by atoms with Gasteiger partial charge in [0.2, 0.25) is 5.91 Å². The highest BCUT2D eigenvalue weighted by molar-refractivity contribution is 5.77. The maximum Gasteiger partial charge on any atom is 0.220 e. The molecule has 0 saturated carbocycles. The fourth-order valence-corrected chi connectivity index (χ4v) is 2.96. The highest BCUT2D eigenvalue weighted by Gasteiger charge is 2.13. The van der Waals surface area contributed by atoms with Crippen molar-refractivity contribution in [3.05, 3.63) is 42.2 Å². The molecule has 1 aromatic heterocycles. The maximum absolute atomic E-state index is 11.9. The number of carbonyl (C=O) groups is 1. The van der Waals surface area contributed by atoms with Gasteiger partial charge in [0.1, 0.15) is 5.82 Å². The Hall–Kier alpha value is -2.10. The van der Waals surface area contributed by atoms with Gasteiger partial charge in [0.25, 0.3) is 0 Å². The van der Waals surface area contributed by atoms with Gasteiger partial charge in [-0.2, -0.15) is 0 Å². The Kier molecular flexibility index (Phi) is 4.04. The Labute approximate surface area is 124 Å². The molecule has 1 aromatic carbocycles. The first-order chi connectivity index (χ1) is 10.2. The third-order valence-electron chi connectivity index (χ3n) is 4.06. The zero-order valence-corrected chi connectivity index (χ0v) is 12.4. The molecule has 1 atom stereocenters. The monoisotopic (exact) mass is 283 g/mol. The van der Waals surface area contributed by atoms with E-state index in [-0.39, 0.29) is 5.91 Å². The van der Waals surface area contributed by atoms with Gasteiger partial charge >= 0.3 is 0 Å². The minimum absolute atomic E-state index is 0.147. The molecule has 21 heavy (non-hydrogen) atoms. The Balaban J connectivity index is 1.55. The number of rotatable bonds is 5. The summed E-state index contributed by atoms with van der Waals surface area (Å²) >= 11 is 0. The number of aryl methyl sites for hydroxylation is 1. The number of allylic oxidation sites excluding steroid dienone is 2. The second-order valence-corrected chi connectivity index (χ2v) is 5.62. The summed E-state index contributed by atoms with van der Waals surface area (Å²) in [5, 5.41) is 3.02. The lowest BCUT2D eigenvalue weighted by molar-refractivity contribution is -0.121. The topological polar surface area (TPSA) is 46.9 Å². The van der Waals surface area contributed by atoms with Crippen molar-refractivity contribution in [1.29, 1.82) is 0 Å². The van der Waals surface area contributed by atoms with E-state index in [0.29, 0.717) is 18.9 Å². The highest BCUT2D eigenvalue weighted by atomic mass is 16.1. The number of para-hydroxylation sites is 2. The molecule has 0 bridgehead atoms. The van der Waals surface area contributed by atoms with E-state index in [1.165, 1.54) is 0 Å². The van der Waals surface area contributed by atoms with Gasteiger partial charge < -0.3 is 9.88 Å². The zero-order valence-electron chi connectivity index (χ0n) is 12.4. The molecule has 3 rings (SSSR count). The Morgan fingerprint density at radius 2 is 2.29 bits per heavy atom. The van der Waals surface area contributed by atoms with E-state index in [0.717, 1.165) is 36.2 Å². The van der Waals surface area contributed by atoms with Crippen LogP contribution in [-0.2, 0) is 11.3 Å². The van der Waals surface area contributed by atoms with E-state index >= 15 is 0 Å². The summed E-state index contributed by atoms with van der Waals surface area (Å²) in [6.07, 6.45) is 7.16. The highest BCUT2D eigenvalue weighted by Crippen LogP contribution is 2.20. The zero-order chi connectivity index (χ0) is 14.7. The van der Waals surface area contributed by atoms with Crippen LogP contribution in [0.15, 0.2) is 36.4 Å². The summed E-state index contributed by atoms with van der Waals surface area (Å²) < 4.78 is 2.16. The molecule has 1 aliphatic rings. The number of amides is 1. The number of aromatic nitrogens is 2. The van der Waals surface area contributed by atoms with Gasteiger partial charge in [-0.15, -0.1) is 0 Å². The van der Waals surface area contributed by atoms with Crippen LogP contribution in [0.25, 0.3) is 11.0 Å². The van der Waals surface area contributed by atoms with Crippen molar-refractivity contribution >= 4 is 16.9 Å². The van der Waals surface area contributed by atoms with Crippen molar-refractivity contribution < 1.29 is 4.79 Å². The van der Waals surface area contributed by atoms with E-state index in [9.17, 15) is 4.79 Å². The molecule has 1 aliphatic carbocycles. The normalized spacial score (nSPS) is 17.5. The van der Waals surface area contributed by atoms with E-state index < -0.39 is 0 Å². The minimum Gasteiger partial charge on any atom is -0.354 e. The lowest BCUT2D eigenvalue weighted by Gasteiger charge is -2.10. The number of fused-ring (bicyclic) bond motifs is 1. The summed E-state index contributed by atoms with van der Waals surface area (Å²) in [6.45, 7) is 3.42. The van der Waals surface area contributed by atoms with Gasteiger partial charge in [-0.3, -0.25) is 4.79 Å². The predicted molar refractivity (Wildman–Crippen MR) is 84.0 cm³/mol. The fraction of sp³-hybridized carbons (Fsp3) is 0.412. The standard InChI is InChI=1S/C17H21N3O/c1-13-19-15-8-4-5-9-16(15)20(13)11-10-18-17(21)12-14-6-2-3-7-14/h2,4-6,8-9,14H,3,7,10-12H2,1H3,(H,18,21). The number of carbonyl (C=O) groups excluding carboxylic acids is 1. The van der Waals surface area contributed by atoms with E-state index in [1.54, 1.807) is 0 Å². The van der Waals surface area contributed by atoms with Gasteiger partial charge in [0.15, 0.2) is 0 Å². The molecule has 1 unspecified atom stereocenters. The molecule has 1 N–H and O–H groups in total. The van der Waals surface area contributed by atoms with Gasteiger partial charge in [-0.25, -0.2) is 4.98 Å². The lowest BCUT2D eigenvalue weighted by Crippen LogP contribution is -2.28. The third kappa shape index (κ3) is 3.15. The van der Waals surface area contributed by atoms with Crippen LogP contribution in [0.3, 0.4) is 0 Å². The second kappa shape index (κ2) is 6.12. The molecule has 0 aliphatic heterocycles. The molecule has 0 saturated heterocycles. The van der Waals surface area contributed by atoms with Crippen molar-refractivity contribution in [3.63, 3.8) is 0 Å². The molecule has 2 aromatic rings. The van der Waals surface area contributed by atoms with E-state index in [2.05, 4.69) is 33.1 Å². The Morgan fingerprint density at radius 1 is 1.43 bits per heavy atom. The van der Waals surface area contributed by atoms with Crippen molar-refractivity contribution in [2.24, 2.45) is 5.92 Å². The molecular formula is C17H21N3O. The molecule has 4 nitrogen and oxygen atoms in total. The van der Waals surface area contributed by atoms with Gasteiger partial charge in [-0.05, 0) is 37.8 Å². The first-order valence-electron chi connectivity index (χ1n) is 7.59. The average Bonchev–Trinajstić information content (AvgIpc) is 3.07. The average molecular weight is 283 g/mol. The Morgan fingerprint density at radius 3 is 3.10 bits per heavy atom. The number of hydrogen-bond donors (Lipinski definition) is 1. The largest absolute Gasteiger partial charge is 0.354 e. The number of hydrogen-bond acceptors (Lipinski definition) is 2. The Bertz CT molecular complexity index is 672. The second-order valence-electron chi connectivity index (χ2n) is 5.62. The number of nitrogens with one attached hydrogen (secondary N) is 1. The molecule has 1 amide bonds. The summed E-state index contributed by atoms with van der Waals surface area (Å²) in [6, 6.07) is 8.10. The van der Waals surface area contributed by atoms with Gasteiger partial charge in [0, 0.05) is 19.5 Å². The molecule has 110 valence electrons. The summed E-state index contributed by atoms with van der Waals surface area (Å²) in [7, 11) is 0. The fourth-order valence-electron chi connectivity index (χ4n) is 2.96. The van der Waals surface area contributed by atoms with Crippen LogP contribution in [0, 0.1) is 12.8 Å². The van der Waals surface area contributed by atoms with E-state index in [1.807, 2.05) is 25.1 Å². The summed E-state index contributed by atoms with van der Waals surface area (Å²) in [4.78, 5) is 16.4. The van der Waals surface area contributed by atoms with Crippen molar-refractivity contribution in [2.45, 2.75) is 32.7 Å². The van der Waals surface area contributed by atoms with E-state index in [4.69, 9.17) is 0 Å². The van der Waals surface area contributed by atoms with Crippen molar-refractivity contribution in [1.82, 2.24) is 14.9 Å². The van der Waals surface area contributed by atoms with Crippen molar-refractivity contribution in [3.8, 4) is 0 Å².